The van der Waals surface area contributed by atoms with E-state index in [0.29, 0.717) is 17.2 Å². The zero-order valence-electron chi connectivity index (χ0n) is 8.70. The van der Waals surface area contributed by atoms with Gasteiger partial charge in [-0.1, -0.05) is 6.92 Å². The van der Waals surface area contributed by atoms with Crippen LogP contribution in [0.1, 0.15) is 20.3 Å². The highest BCUT2D eigenvalue weighted by atomic mass is 32.1. The molecule has 1 unspecified atom stereocenters. The number of thiocarbonyl (C=S) groups is 1. The van der Waals surface area contributed by atoms with Crippen LogP contribution in [0.25, 0.3) is 0 Å². The van der Waals surface area contributed by atoms with Crippen LogP contribution in [-0.2, 0) is 13.6 Å². The minimum atomic E-state index is -1.47. The summed E-state index contributed by atoms with van der Waals surface area (Å²) in [7, 11) is 1.92. The summed E-state index contributed by atoms with van der Waals surface area (Å²) in [5.74, 6) is 0. The van der Waals surface area contributed by atoms with E-state index in [-0.39, 0.29) is 0 Å². The van der Waals surface area contributed by atoms with Crippen molar-refractivity contribution in [2.24, 2.45) is 0 Å². The Balaban J connectivity index is 3.59. The summed E-state index contributed by atoms with van der Waals surface area (Å²) in [5, 5.41) is 0.597. The zero-order chi connectivity index (χ0) is 10.3. The first kappa shape index (κ1) is 13.0. The van der Waals surface area contributed by atoms with Gasteiger partial charge in [0, 0.05) is 26.7 Å². The third-order valence-corrected chi connectivity index (χ3v) is 4.12. The van der Waals surface area contributed by atoms with Crippen molar-refractivity contribution < 1.29 is 13.6 Å². The lowest BCUT2D eigenvalue weighted by molar-refractivity contribution is 0.248. The maximum atomic E-state index is 5.25. The Morgan fingerprint density at radius 1 is 1.38 bits per heavy atom. The van der Waals surface area contributed by atoms with Gasteiger partial charge in [0.15, 0.2) is 5.05 Å². The summed E-state index contributed by atoms with van der Waals surface area (Å²) >= 11 is 4.80. The van der Waals surface area contributed by atoms with Gasteiger partial charge in [0.1, 0.15) is 0 Å². The van der Waals surface area contributed by atoms with Gasteiger partial charge < -0.3 is 13.6 Å². The quantitative estimate of drug-likeness (QED) is 0.504. The predicted octanol–water partition coefficient (Wildman–Crippen LogP) is 1.64. The van der Waals surface area contributed by atoms with Gasteiger partial charge in [0.25, 0.3) is 0 Å². The van der Waals surface area contributed by atoms with Gasteiger partial charge in [-0.25, -0.2) is 0 Å². The fourth-order valence-corrected chi connectivity index (χ4v) is 2.70. The van der Waals surface area contributed by atoms with E-state index in [1.165, 1.54) is 0 Å². The van der Waals surface area contributed by atoms with E-state index < -0.39 is 9.28 Å². The molecule has 0 aliphatic rings. The largest absolute Gasteiger partial charge is 0.487 e. The van der Waals surface area contributed by atoms with Crippen molar-refractivity contribution in [3.05, 3.63) is 0 Å². The van der Waals surface area contributed by atoms with Crippen molar-refractivity contribution in [3.8, 4) is 0 Å². The smallest absolute Gasteiger partial charge is 0.323 e. The normalized spacial score (nSPS) is 13.0. The van der Waals surface area contributed by atoms with Crippen LogP contribution in [0, 0.1) is 0 Å². The highest BCUT2D eigenvalue weighted by Gasteiger charge is 2.19. The highest BCUT2D eigenvalue weighted by molar-refractivity contribution is 7.80. The van der Waals surface area contributed by atoms with E-state index in [0.717, 1.165) is 6.42 Å². The number of ether oxygens (including phenoxy) is 1. The van der Waals surface area contributed by atoms with Crippen LogP contribution in [0.4, 0.5) is 0 Å². The van der Waals surface area contributed by atoms with E-state index in [2.05, 4.69) is 6.92 Å². The molecule has 1 atom stereocenters. The molecular weight excluding hydrogens is 204 g/mol. The molecule has 0 aliphatic carbocycles. The first-order valence-electron chi connectivity index (χ1n) is 4.30. The Bertz CT molecular complexity index is 150. The SMILES string of the molecule is CO[SiH](OC)C(C)CCOC(C)=S. The Kier molecular flexibility index (Phi) is 7.45. The van der Waals surface area contributed by atoms with Crippen LogP contribution in [0.15, 0.2) is 0 Å². The summed E-state index contributed by atoms with van der Waals surface area (Å²) < 4.78 is 15.7. The van der Waals surface area contributed by atoms with Crippen LogP contribution >= 0.6 is 12.2 Å². The molecule has 0 saturated heterocycles. The molecule has 0 fully saturated rings. The van der Waals surface area contributed by atoms with Gasteiger partial charge in [-0.05, 0) is 18.6 Å². The number of rotatable bonds is 6. The van der Waals surface area contributed by atoms with Crippen LogP contribution in [0.3, 0.4) is 0 Å². The van der Waals surface area contributed by atoms with Crippen molar-refractivity contribution >= 4 is 26.6 Å². The van der Waals surface area contributed by atoms with Crippen LogP contribution in [-0.4, -0.2) is 35.2 Å². The molecular formula is C8H18O3SSi. The molecule has 0 amide bonds. The molecule has 0 bridgehead atoms. The summed E-state index contributed by atoms with van der Waals surface area (Å²) in [6.07, 6.45) is 0.937. The van der Waals surface area contributed by atoms with E-state index in [9.17, 15) is 0 Å². The fourth-order valence-electron chi connectivity index (χ4n) is 1.09. The van der Waals surface area contributed by atoms with Gasteiger partial charge in [-0.3, -0.25) is 0 Å². The molecule has 13 heavy (non-hydrogen) atoms. The second-order valence-electron chi connectivity index (χ2n) is 2.95. The monoisotopic (exact) mass is 222 g/mol. The van der Waals surface area contributed by atoms with Crippen LogP contribution in [0.5, 0.6) is 0 Å². The minimum Gasteiger partial charge on any atom is -0.487 e. The van der Waals surface area contributed by atoms with E-state index in [4.69, 9.17) is 25.8 Å². The van der Waals surface area contributed by atoms with Crippen molar-refractivity contribution in [1.29, 1.82) is 0 Å². The maximum Gasteiger partial charge on any atom is 0.323 e. The molecule has 0 aromatic carbocycles. The van der Waals surface area contributed by atoms with Crippen molar-refractivity contribution in [1.82, 2.24) is 0 Å². The van der Waals surface area contributed by atoms with Crippen molar-refractivity contribution in [2.75, 3.05) is 20.8 Å². The Morgan fingerprint density at radius 2 is 1.92 bits per heavy atom. The molecule has 0 N–H and O–H groups in total. The standard InChI is InChI=1S/C8H18O3SSi/c1-7(13(9-3)10-4)5-6-11-8(2)12/h7,13H,5-6H2,1-4H3. The lowest BCUT2D eigenvalue weighted by Crippen LogP contribution is -2.25. The summed E-state index contributed by atoms with van der Waals surface area (Å²) in [6.45, 7) is 4.56. The average Bonchev–Trinajstić information content (AvgIpc) is 2.05. The fraction of sp³-hybridized carbons (Fsp3) is 0.875. The third kappa shape index (κ3) is 6.15. The van der Waals surface area contributed by atoms with E-state index in [1.54, 1.807) is 21.1 Å². The summed E-state index contributed by atoms with van der Waals surface area (Å²) in [6, 6.07) is 0. The van der Waals surface area contributed by atoms with Crippen LogP contribution < -0.4 is 0 Å². The molecule has 0 radical (unpaired) electrons. The van der Waals surface area contributed by atoms with Crippen molar-refractivity contribution in [2.45, 2.75) is 25.8 Å². The lowest BCUT2D eigenvalue weighted by Gasteiger charge is -2.18. The number of hydrogen-bond acceptors (Lipinski definition) is 4. The Hall–Kier alpha value is 0.0269. The highest BCUT2D eigenvalue weighted by Crippen LogP contribution is 2.15. The minimum absolute atomic E-state index is 0.448. The van der Waals surface area contributed by atoms with Gasteiger partial charge in [-0.15, -0.1) is 0 Å². The second kappa shape index (κ2) is 7.43. The third-order valence-electron chi connectivity index (χ3n) is 1.81. The molecule has 0 heterocycles. The summed E-state index contributed by atoms with van der Waals surface area (Å²) in [4.78, 5) is 0. The molecule has 5 heteroatoms. The Morgan fingerprint density at radius 3 is 2.31 bits per heavy atom. The molecule has 78 valence electrons. The first-order valence-corrected chi connectivity index (χ1v) is 6.32. The second-order valence-corrected chi connectivity index (χ2v) is 6.34. The molecule has 0 spiro atoms. The summed E-state index contributed by atoms with van der Waals surface area (Å²) in [5.41, 5.74) is 0.448. The van der Waals surface area contributed by atoms with Gasteiger partial charge in [-0.2, -0.15) is 0 Å². The van der Waals surface area contributed by atoms with Crippen LogP contribution in [0.2, 0.25) is 5.54 Å². The average molecular weight is 222 g/mol. The van der Waals surface area contributed by atoms with Crippen molar-refractivity contribution in [3.63, 3.8) is 0 Å². The van der Waals surface area contributed by atoms with Gasteiger partial charge in [0.05, 0.1) is 6.61 Å². The van der Waals surface area contributed by atoms with Gasteiger partial charge in [0.2, 0.25) is 0 Å². The molecule has 0 aromatic heterocycles. The molecule has 0 aromatic rings. The number of hydrogen-bond donors (Lipinski definition) is 0. The van der Waals surface area contributed by atoms with Gasteiger partial charge >= 0.3 is 9.28 Å². The molecule has 0 saturated carbocycles. The Labute approximate surface area is 87.2 Å². The topological polar surface area (TPSA) is 27.7 Å². The maximum absolute atomic E-state index is 5.25. The van der Waals surface area contributed by atoms with E-state index >= 15 is 0 Å². The zero-order valence-corrected chi connectivity index (χ0v) is 10.7. The molecule has 0 aliphatic heterocycles. The lowest BCUT2D eigenvalue weighted by atomic mass is 10.3. The molecule has 3 nitrogen and oxygen atoms in total. The van der Waals surface area contributed by atoms with E-state index in [1.807, 2.05) is 0 Å². The first-order chi connectivity index (χ1) is 6.11. The predicted molar refractivity (Wildman–Crippen MR) is 59.4 cm³/mol. The molecule has 0 rings (SSSR count).